The minimum atomic E-state index is -3.59. The van der Waals surface area contributed by atoms with Crippen LogP contribution in [-0.2, 0) is 10.0 Å². The number of nitrogens with one attached hydrogen (secondary N) is 1. The van der Waals surface area contributed by atoms with Crippen molar-refractivity contribution in [3.63, 3.8) is 0 Å². The zero-order valence-corrected chi connectivity index (χ0v) is 10.9. The summed E-state index contributed by atoms with van der Waals surface area (Å²) in [6.45, 7) is 1.66. The third kappa shape index (κ3) is 3.32. The Balaban J connectivity index is 3.12. The highest BCUT2D eigenvalue weighted by molar-refractivity contribution is 9.10. The van der Waals surface area contributed by atoms with E-state index in [1.807, 2.05) is 0 Å². The van der Waals surface area contributed by atoms with Gasteiger partial charge < -0.3 is 0 Å². The molecule has 0 unspecified atom stereocenters. The molecule has 0 aromatic heterocycles. The van der Waals surface area contributed by atoms with Crippen LogP contribution in [0.1, 0.15) is 5.56 Å². The normalized spacial score (nSPS) is 11.5. The maximum absolute atomic E-state index is 13.1. The summed E-state index contributed by atoms with van der Waals surface area (Å²) < 4.78 is 37.9. The van der Waals surface area contributed by atoms with Crippen molar-refractivity contribution in [2.24, 2.45) is 0 Å². The second-order valence-electron chi connectivity index (χ2n) is 2.91. The highest BCUT2D eigenvalue weighted by Crippen LogP contribution is 2.24. The van der Waals surface area contributed by atoms with Crippen LogP contribution in [0, 0.1) is 12.7 Å². The standard InChI is InChI=1S/C8H8BrClFNO2S/c1-5-2-6(9)7(11)3-8(5)12-15(13,14)4-10/h2-3,12H,4H2,1H3. The summed E-state index contributed by atoms with van der Waals surface area (Å²) in [5, 5.41) is -0.565. The molecule has 0 aliphatic heterocycles. The largest absolute Gasteiger partial charge is 0.282 e. The number of hydrogen-bond acceptors (Lipinski definition) is 2. The van der Waals surface area contributed by atoms with Crippen LogP contribution >= 0.6 is 27.5 Å². The van der Waals surface area contributed by atoms with Gasteiger partial charge in [-0.3, -0.25) is 4.72 Å². The number of aryl methyl sites for hydroxylation is 1. The Hall–Kier alpha value is -0.330. The van der Waals surface area contributed by atoms with Gasteiger partial charge in [0.05, 0.1) is 10.2 Å². The Labute approximate surface area is 101 Å². The molecular formula is C8H8BrClFNO2S. The number of hydrogen-bond donors (Lipinski definition) is 1. The first-order valence-corrected chi connectivity index (χ1v) is 6.86. The number of alkyl halides is 1. The molecule has 0 bridgehead atoms. The van der Waals surface area contributed by atoms with Crippen LogP contribution in [0.2, 0.25) is 0 Å². The van der Waals surface area contributed by atoms with Crippen molar-refractivity contribution in [2.45, 2.75) is 6.92 Å². The van der Waals surface area contributed by atoms with Crippen molar-refractivity contribution in [3.05, 3.63) is 28.0 Å². The van der Waals surface area contributed by atoms with Gasteiger partial charge in [-0.05, 0) is 40.5 Å². The summed E-state index contributed by atoms with van der Waals surface area (Å²) in [6.07, 6.45) is 0. The molecule has 0 spiro atoms. The van der Waals surface area contributed by atoms with Crippen molar-refractivity contribution in [1.82, 2.24) is 0 Å². The summed E-state index contributed by atoms with van der Waals surface area (Å²) in [5.74, 6) is -0.534. The van der Waals surface area contributed by atoms with Gasteiger partial charge >= 0.3 is 0 Å². The quantitative estimate of drug-likeness (QED) is 0.872. The molecule has 15 heavy (non-hydrogen) atoms. The summed E-state index contributed by atoms with van der Waals surface area (Å²) in [7, 11) is -3.59. The lowest BCUT2D eigenvalue weighted by molar-refractivity contribution is 0.605. The lowest BCUT2D eigenvalue weighted by Crippen LogP contribution is -2.14. The van der Waals surface area contributed by atoms with Gasteiger partial charge in [0.2, 0.25) is 10.0 Å². The molecule has 7 heteroatoms. The number of anilines is 1. The van der Waals surface area contributed by atoms with Crippen LogP contribution in [0.3, 0.4) is 0 Å². The van der Waals surface area contributed by atoms with Gasteiger partial charge in [-0.2, -0.15) is 0 Å². The van der Waals surface area contributed by atoms with E-state index in [0.717, 1.165) is 6.07 Å². The highest BCUT2D eigenvalue weighted by Gasteiger charge is 2.12. The minimum Gasteiger partial charge on any atom is -0.282 e. The van der Waals surface area contributed by atoms with E-state index in [2.05, 4.69) is 20.7 Å². The zero-order chi connectivity index (χ0) is 11.6. The molecule has 0 radical (unpaired) electrons. The molecule has 0 saturated heterocycles. The van der Waals surface area contributed by atoms with Crippen molar-refractivity contribution < 1.29 is 12.8 Å². The van der Waals surface area contributed by atoms with E-state index < -0.39 is 21.1 Å². The number of rotatable bonds is 3. The average molecular weight is 317 g/mol. The first-order chi connectivity index (χ1) is 6.85. The van der Waals surface area contributed by atoms with Crippen molar-refractivity contribution >= 4 is 43.2 Å². The molecule has 3 nitrogen and oxygen atoms in total. The number of sulfonamides is 1. The second kappa shape index (κ2) is 4.67. The predicted octanol–water partition coefficient (Wildman–Crippen LogP) is 2.83. The Bertz CT molecular complexity index is 478. The van der Waals surface area contributed by atoms with Crippen LogP contribution in [0.5, 0.6) is 0 Å². The molecule has 0 saturated carbocycles. The number of halogens is 3. The molecule has 1 aromatic carbocycles. The van der Waals surface area contributed by atoms with E-state index in [1.54, 1.807) is 6.92 Å². The van der Waals surface area contributed by atoms with E-state index in [1.165, 1.54) is 6.07 Å². The van der Waals surface area contributed by atoms with E-state index in [-0.39, 0.29) is 10.2 Å². The molecule has 0 heterocycles. The lowest BCUT2D eigenvalue weighted by atomic mass is 10.2. The molecule has 0 amide bonds. The minimum absolute atomic E-state index is 0.191. The first kappa shape index (κ1) is 12.7. The van der Waals surface area contributed by atoms with E-state index in [4.69, 9.17) is 11.6 Å². The Morgan fingerprint density at radius 3 is 2.67 bits per heavy atom. The van der Waals surface area contributed by atoms with Gasteiger partial charge in [0, 0.05) is 0 Å². The molecule has 0 fully saturated rings. The van der Waals surface area contributed by atoms with Crippen molar-refractivity contribution in [2.75, 3.05) is 9.93 Å². The van der Waals surface area contributed by atoms with E-state index in [9.17, 15) is 12.8 Å². The van der Waals surface area contributed by atoms with Gasteiger partial charge in [0.25, 0.3) is 0 Å². The Kier molecular flexibility index (Phi) is 3.97. The second-order valence-corrected chi connectivity index (χ2v) is 6.07. The van der Waals surface area contributed by atoms with Gasteiger partial charge in [-0.25, -0.2) is 12.8 Å². The topological polar surface area (TPSA) is 46.2 Å². The third-order valence-electron chi connectivity index (χ3n) is 1.68. The van der Waals surface area contributed by atoms with Crippen LogP contribution in [0.4, 0.5) is 10.1 Å². The van der Waals surface area contributed by atoms with E-state index in [0.29, 0.717) is 5.56 Å². The molecule has 1 aromatic rings. The molecular weight excluding hydrogens is 309 g/mol. The number of benzene rings is 1. The van der Waals surface area contributed by atoms with Gasteiger partial charge in [0.1, 0.15) is 11.0 Å². The van der Waals surface area contributed by atoms with Gasteiger partial charge in [-0.15, -0.1) is 11.6 Å². The van der Waals surface area contributed by atoms with Crippen LogP contribution in [0.15, 0.2) is 16.6 Å². The maximum atomic E-state index is 13.1. The fourth-order valence-corrected chi connectivity index (χ4v) is 2.18. The SMILES string of the molecule is Cc1cc(Br)c(F)cc1NS(=O)(=O)CCl. The zero-order valence-electron chi connectivity index (χ0n) is 7.72. The van der Waals surface area contributed by atoms with Gasteiger partial charge in [0.15, 0.2) is 0 Å². The molecule has 84 valence electrons. The van der Waals surface area contributed by atoms with Crippen molar-refractivity contribution in [3.8, 4) is 0 Å². The summed E-state index contributed by atoms with van der Waals surface area (Å²) in [6, 6.07) is 2.59. The first-order valence-electron chi connectivity index (χ1n) is 3.88. The predicted molar refractivity (Wildman–Crippen MR) is 62.1 cm³/mol. The Morgan fingerprint density at radius 1 is 1.53 bits per heavy atom. The molecule has 0 aliphatic carbocycles. The average Bonchev–Trinajstić information content (AvgIpc) is 2.14. The molecule has 1 rings (SSSR count). The van der Waals surface area contributed by atoms with Crippen molar-refractivity contribution in [1.29, 1.82) is 0 Å². The third-order valence-corrected chi connectivity index (χ3v) is 3.96. The highest BCUT2D eigenvalue weighted by atomic mass is 79.9. The smallest absolute Gasteiger partial charge is 0.246 e. The molecule has 0 aliphatic rings. The maximum Gasteiger partial charge on any atom is 0.246 e. The van der Waals surface area contributed by atoms with Gasteiger partial charge in [-0.1, -0.05) is 0 Å². The summed E-state index contributed by atoms with van der Waals surface area (Å²) in [4.78, 5) is 0. The summed E-state index contributed by atoms with van der Waals surface area (Å²) in [5.41, 5.74) is 0.799. The molecule has 1 N–H and O–H groups in total. The lowest BCUT2D eigenvalue weighted by Gasteiger charge is -2.09. The van der Waals surface area contributed by atoms with Crippen LogP contribution in [0.25, 0.3) is 0 Å². The van der Waals surface area contributed by atoms with Crippen LogP contribution in [-0.4, -0.2) is 13.6 Å². The van der Waals surface area contributed by atoms with Crippen LogP contribution < -0.4 is 4.72 Å². The fourth-order valence-electron chi connectivity index (χ4n) is 0.951. The Morgan fingerprint density at radius 2 is 2.13 bits per heavy atom. The summed E-state index contributed by atoms with van der Waals surface area (Å²) >= 11 is 8.21. The monoisotopic (exact) mass is 315 g/mol. The van der Waals surface area contributed by atoms with E-state index >= 15 is 0 Å². The fraction of sp³-hybridized carbons (Fsp3) is 0.250. The molecule has 0 atom stereocenters.